The lowest BCUT2D eigenvalue weighted by molar-refractivity contribution is 0.696. The fourth-order valence-electron chi connectivity index (χ4n) is 0.389. The first kappa shape index (κ1) is 23.6. The van der Waals surface area contributed by atoms with Gasteiger partial charge in [0.2, 0.25) is 0 Å². The molecular weight excluding hydrogens is 220 g/mol. The Kier molecular flexibility index (Phi) is 36.3. The molecule has 8 nitrogen and oxygen atoms in total. The molecule has 0 aromatic rings. The molecule has 0 aromatic heterocycles. The molecule has 0 spiro atoms. The first-order valence-corrected chi connectivity index (χ1v) is 3.79. The Bertz CT molecular complexity index is 152. The minimum atomic E-state index is -0.322. The van der Waals surface area contributed by atoms with E-state index in [2.05, 4.69) is 11.1 Å². The molecule has 0 radical (unpaired) electrons. The van der Waals surface area contributed by atoms with Crippen LogP contribution < -0.4 is 34.0 Å². The van der Waals surface area contributed by atoms with E-state index < -0.39 is 0 Å². The molecular formula is C6H21ClN8. The summed E-state index contributed by atoms with van der Waals surface area (Å²) < 4.78 is 0. The number of nitrogens with zero attached hydrogens (tertiary/aromatic N) is 1. The first-order chi connectivity index (χ1) is 6.18. The summed E-state index contributed by atoms with van der Waals surface area (Å²) in [4.78, 5) is 0. The average Bonchev–Trinajstić information content (AvgIpc) is 2.06. The molecule has 92 valence electrons. The maximum absolute atomic E-state index is 7.65. The highest BCUT2D eigenvalue weighted by Crippen LogP contribution is 1.49. The second kappa shape index (κ2) is 23.1. The molecule has 0 aliphatic carbocycles. The highest BCUT2D eigenvalue weighted by Gasteiger charge is 1.76. The van der Waals surface area contributed by atoms with Crippen molar-refractivity contribution in [2.24, 2.45) is 17.2 Å². The molecule has 0 bridgehead atoms. The second-order valence-corrected chi connectivity index (χ2v) is 1.98. The van der Waals surface area contributed by atoms with Gasteiger partial charge in [-0.1, -0.05) is 0 Å². The number of nitrogens with one attached hydrogen (secondary N) is 3. The normalized spacial score (nSPS) is 6.73. The molecule has 0 atom stereocenters. The zero-order valence-electron chi connectivity index (χ0n) is 8.62. The van der Waals surface area contributed by atoms with E-state index >= 15 is 0 Å². The van der Waals surface area contributed by atoms with Crippen molar-refractivity contribution in [3.8, 4) is 6.19 Å². The quantitative estimate of drug-likeness (QED) is 0.0976. The number of guanidine groups is 1. The summed E-state index contributed by atoms with van der Waals surface area (Å²) in [5.74, 6) is -0.322. The van der Waals surface area contributed by atoms with Crippen LogP contribution in [0.2, 0.25) is 0 Å². The summed E-state index contributed by atoms with van der Waals surface area (Å²) in [6.07, 6.45) is 1.47. The van der Waals surface area contributed by atoms with Gasteiger partial charge >= 0.3 is 0 Å². The third-order valence-electron chi connectivity index (χ3n) is 0.833. The molecule has 15 heavy (non-hydrogen) atoms. The Hall–Kier alpha value is -1.11. The molecule has 0 rings (SSSR count). The first-order valence-electron chi connectivity index (χ1n) is 3.79. The molecule has 12 N–H and O–H groups in total. The number of hydrogen-bond acceptors (Lipinski definition) is 6. The molecule has 0 aliphatic rings. The van der Waals surface area contributed by atoms with Crippen LogP contribution in [-0.2, 0) is 0 Å². The lowest BCUT2D eigenvalue weighted by atomic mass is 10.6. The number of nitriles is 1. The highest BCUT2D eigenvalue weighted by atomic mass is 35.5. The predicted molar refractivity (Wildman–Crippen MR) is 63.9 cm³/mol. The minimum Gasteiger partial charge on any atom is -0.369 e. The van der Waals surface area contributed by atoms with Crippen LogP contribution in [0, 0.1) is 16.9 Å². The Labute approximate surface area is 96.1 Å². The second-order valence-electron chi connectivity index (χ2n) is 1.98. The van der Waals surface area contributed by atoms with E-state index in [4.69, 9.17) is 22.1 Å². The van der Waals surface area contributed by atoms with E-state index in [0.717, 1.165) is 13.1 Å². The number of nitrogens with two attached hydrogens (primary N) is 3. The van der Waals surface area contributed by atoms with Crippen molar-refractivity contribution in [2.45, 2.75) is 0 Å². The Balaban J connectivity index is -0.0000000718. The van der Waals surface area contributed by atoms with Gasteiger partial charge < -0.3 is 28.7 Å². The van der Waals surface area contributed by atoms with Gasteiger partial charge in [-0.25, -0.2) is 0 Å². The minimum absolute atomic E-state index is 0. The van der Waals surface area contributed by atoms with Crippen LogP contribution in [0.3, 0.4) is 0 Å². The average molecular weight is 241 g/mol. The summed E-state index contributed by atoms with van der Waals surface area (Å²) in [6, 6.07) is 0. The largest absolute Gasteiger partial charge is 0.369 e. The van der Waals surface area contributed by atoms with Crippen molar-refractivity contribution in [1.29, 1.82) is 10.7 Å². The SMILES string of the molecule is Cl.N.N#CNC(=N)N.NCCNCCN. The molecule has 0 fully saturated rings. The predicted octanol–water partition coefficient (Wildman–Crippen LogP) is -1.97. The third-order valence-corrected chi connectivity index (χ3v) is 0.833. The maximum Gasteiger partial charge on any atom is 0.199 e. The van der Waals surface area contributed by atoms with E-state index in [1.807, 2.05) is 5.32 Å². The van der Waals surface area contributed by atoms with Crippen LogP contribution in [0.25, 0.3) is 0 Å². The van der Waals surface area contributed by atoms with Crippen LogP contribution in [-0.4, -0.2) is 32.1 Å². The van der Waals surface area contributed by atoms with Gasteiger partial charge in [0.25, 0.3) is 0 Å². The van der Waals surface area contributed by atoms with Gasteiger partial charge in [0.05, 0.1) is 0 Å². The Morgan fingerprint density at radius 3 is 1.80 bits per heavy atom. The standard InChI is InChI=1S/C4H13N3.C2H4N4.ClH.H3N/c5-1-3-7-4-2-6;3-1-6-2(4)5;;/h7H,1-6H2;(H4,4,5,6);1H;1H3. The van der Waals surface area contributed by atoms with Crippen LogP contribution in [0.4, 0.5) is 0 Å². The molecule has 0 heterocycles. The zero-order valence-corrected chi connectivity index (χ0v) is 9.44. The summed E-state index contributed by atoms with van der Waals surface area (Å²) in [6.45, 7) is 3.13. The van der Waals surface area contributed by atoms with Gasteiger partial charge in [-0.3, -0.25) is 10.7 Å². The lowest BCUT2D eigenvalue weighted by Crippen LogP contribution is -2.27. The van der Waals surface area contributed by atoms with Gasteiger partial charge in [-0.2, -0.15) is 5.26 Å². The maximum atomic E-state index is 7.65. The van der Waals surface area contributed by atoms with Gasteiger partial charge in [0.15, 0.2) is 12.2 Å². The number of hydrogen-bond donors (Lipinski definition) is 7. The molecule has 0 unspecified atom stereocenters. The van der Waals surface area contributed by atoms with Crippen molar-refractivity contribution in [1.82, 2.24) is 16.8 Å². The number of rotatable bonds is 4. The Morgan fingerprint density at radius 2 is 1.67 bits per heavy atom. The smallest absolute Gasteiger partial charge is 0.199 e. The molecule has 0 aromatic carbocycles. The van der Waals surface area contributed by atoms with Gasteiger partial charge in [-0.15, -0.1) is 12.4 Å². The van der Waals surface area contributed by atoms with Gasteiger partial charge in [-0.05, 0) is 0 Å². The van der Waals surface area contributed by atoms with E-state index in [0.29, 0.717) is 13.1 Å². The molecule has 0 amide bonds. The van der Waals surface area contributed by atoms with Crippen LogP contribution in [0.5, 0.6) is 0 Å². The van der Waals surface area contributed by atoms with Crippen LogP contribution in [0.15, 0.2) is 0 Å². The topological polar surface area (TPSA) is 185 Å². The third kappa shape index (κ3) is 44.1. The fourth-order valence-corrected chi connectivity index (χ4v) is 0.389. The molecule has 9 heteroatoms. The van der Waals surface area contributed by atoms with E-state index in [-0.39, 0.29) is 24.5 Å². The summed E-state index contributed by atoms with van der Waals surface area (Å²) >= 11 is 0. The van der Waals surface area contributed by atoms with E-state index in [1.165, 1.54) is 6.19 Å². The molecule has 0 aliphatic heterocycles. The highest BCUT2D eigenvalue weighted by molar-refractivity contribution is 5.85. The fraction of sp³-hybridized carbons (Fsp3) is 0.667. The van der Waals surface area contributed by atoms with Gasteiger partial charge in [0.1, 0.15) is 0 Å². The summed E-state index contributed by atoms with van der Waals surface area (Å²) in [5.41, 5.74) is 15.0. The van der Waals surface area contributed by atoms with Crippen molar-refractivity contribution in [3.63, 3.8) is 0 Å². The van der Waals surface area contributed by atoms with Crippen molar-refractivity contribution < 1.29 is 0 Å². The summed E-state index contributed by atoms with van der Waals surface area (Å²) in [7, 11) is 0. The lowest BCUT2D eigenvalue weighted by Gasteiger charge is -1.95. The summed E-state index contributed by atoms with van der Waals surface area (Å²) in [5, 5.41) is 18.9. The van der Waals surface area contributed by atoms with Crippen molar-refractivity contribution >= 4 is 18.4 Å². The van der Waals surface area contributed by atoms with E-state index in [1.54, 1.807) is 0 Å². The zero-order chi connectivity index (χ0) is 10.5. The molecule has 0 saturated heterocycles. The molecule has 0 saturated carbocycles. The van der Waals surface area contributed by atoms with Gasteiger partial charge in [0, 0.05) is 26.2 Å². The van der Waals surface area contributed by atoms with Crippen LogP contribution in [0.1, 0.15) is 0 Å². The number of halogens is 1. The Morgan fingerprint density at radius 1 is 1.27 bits per heavy atom. The van der Waals surface area contributed by atoms with E-state index in [9.17, 15) is 0 Å². The monoisotopic (exact) mass is 240 g/mol. The van der Waals surface area contributed by atoms with Crippen molar-refractivity contribution in [3.05, 3.63) is 0 Å². The van der Waals surface area contributed by atoms with Crippen LogP contribution >= 0.6 is 12.4 Å². The van der Waals surface area contributed by atoms with Crippen molar-refractivity contribution in [2.75, 3.05) is 26.2 Å².